The summed E-state index contributed by atoms with van der Waals surface area (Å²) in [5.41, 5.74) is 1.59. The Labute approximate surface area is 103 Å². The Balaban J connectivity index is 2.74. The van der Waals surface area contributed by atoms with Crippen molar-refractivity contribution in [2.45, 2.75) is 40.0 Å². The van der Waals surface area contributed by atoms with Crippen molar-refractivity contribution in [1.82, 2.24) is 0 Å². The lowest BCUT2D eigenvalue weighted by molar-refractivity contribution is -0.126. The van der Waals surface area contributed by atoms with Gasteiger partial charge in [0.2, 0.25) is 5.91 Å². The fourth-order valence-corrected chi connectivity index (χ4v) is 3.46. The van der Waals surface area contributed by atoms with E-state index in [4.69, 9.17) is 0 Å². The van der Waals surface area contributed by atoms with Crippen molar-refractivity contribution in [1.29, 1.82) is 0 Å². The molecule has 1 aromatic carbocycles. The predicted molar refractivity (Wildman–Crippen MR) is 71.0 cm³/mol. The summed E-state index contributed by atoms with van der Waals surface area (Å²) in [6.07, 6.45) is 0. The Morgan fingerprint density at radius 1 is 1.18 bits per heavy atom. The van der Waals surface area contributed by atoms with E-state index in [2.05, 4.69) is 46.0 Å². The van der Waals surface area contributed by atoms with Crippen molar-refractivity contribution >= 4 is 11.6 Å². The summed E-state index contributed by atoms with van der Waals surface area (Å²) in [4.78, 5) is 12.5. The van der Waals surface area contributed by atoms with Crippen molar-refractivity contribution in [2.24, 2.45) is 11.3 Å². The summed E-state index contributed by atoms with van der Waals surface area (Å²) in [5.74, 6) is 0.410. The maximum absolute atomic E-state index is 12.5. The van der Waals surface area contributed by atoms with Crippen LogP contribution in [-0.4, -0.2) is 5.91 Å². The summed E-state index contributed by atoms with van der Waals surface area (Å²) < 4.78 is 0. The third-order valence-corrected chi connectivity index (χ3v) is 4.01. The van der Waals surface area contributed by atoms with Crippen LogP contribution in [0.1, 0.15) is 40.2 Å². The molecule has 1 unspecified atom stereocenters. The van der Waals surface area contributed by atoms with Crippen LogP contribution in [0.2, 0.25) is 0 Å². The zero-order chi connectivity index (χ0) is 12.8. The van der Waals surface area contributed by atoms with Gasteiger partial charge in [0.25, 0.3) is 0 Å². The van der Waals surface area contributed by atoms with Gasteiger partial charge in [0.05, 0.1) is 5.41 Å². The fourth-order valence-electron chi connectivity index (χ4n) is 3.46. The van der Waals surface area contributed by atoms with E-state index in [9.17, 15) is 4.79 Å². The van der Waals surface area contributed by atoms with E-state index < -0.39 is 5.41 Å². The molecule has 1 aliphatic rings. The van der Waals surface area contributed by atoms with E-state index in [1.807, 2.05) is 18.2 Å². The first-order valence-corrected chi connectivity index (χ1v) is 6.22. The minimum atomic E-state index is -0.427. The number of carbonyl (C=O) groups excluding carboxylic acids is 1. The third kappa shape index (κ3) is 1.43. The molecular weight excluding hydrogens is 210 g/mol. The molecule has 2 rings (SSSR count). The van der Waals surface area contributed by atoms with Gasteiger partial charge in [-0.15, -0.1) is 0 Å². The molecule has 0 bridgehead atoms. The predicted octanol–water partition coefficient (Wildman–Crippen LogP) is 3.58. The molecule has 0 saturated heterocycles. The van der Waals surface area contributed by atoms with Crippen LogP contribution in [0.4, 0.5) is 5.69 Å². The molecule has 92 valence electrons. The first-order valence-electron chi connectivity index (χ1n) is 6.22. The zero-order valence-electron chi connectivity index (χ0n) is 11.3. The second-order valence-corrected chi connectivity index (χ2v) is 6.21. The lowest BCUT2D eigenvalue weighted by Crippen LogP contribution is -2.50. The van der Waals surface area contributed by atoms with Gasteiger partial charge in [-0.2, -0.15) is 0 Å². The first kappa shape index (κ1) is 12.2. The molecule has 1 atom stereocenters. The number of benzene rings is 1. The first-order chi connectivity index (χ1) is 7.81. The van der Waals surface area contributed by atoms with Gasteiger partial charge in [-0.05, 0) is 23.0 Å². The van der Waals surface area contributed by atoms with Gasteiger partial charge in [0, 0.05) is 5.69 Å². The number of anilines is 1. The van der Waals surface area contributed by atoms with Gasteiger partial charge >= 0.3 is 0 Å². The average molecular weight is 231 g/mol. The Morgan fingerprint density at radius 2 is 1.76 bits per heavy atom. The standard InChI is InChI=1S/C15H21NO/c1-10(2)15(14(3,4)5)11-8-6-7-9-12(11)16-13(15)17/h6-10H,1-5H3,(H,16,17). The lowest BCUT2D eigenvalue weighted by atomic mass is 9.57. The molecule has 0 saturated carbocycles. The van der Waals surface area contributed by atoms with E-state index >= 15 is 0 Å². The van der Waals surface area contributed by atoms with Crippen LogP contribution in [0.5, 0.6) is 0 Å². The highest BCUT2D eigenvalue weighted by Crippen LogP contribution is 2.53. The zero-order valence-corrected chi connectivity index (χ0v) is 11.3. The molecule has 1 aliphatic heterocycles. The molecule has 1 N–H and O–H groups in total. The number of nitrogens with one attached hydrogen (secondary N) is 1. The number of hydrogen-bond donors (Lipinski definition) is 1. The van der Waals surface area contributed by atoms with Crippen molar-refractivity contribution in [3.05, 3.63) is 29.8 Å². The quantitative estimate of drug-likeness (QED) is 0.786. The lowest BCUT2D eigenvalue weighted by Gasteiger charge is -2.43. The van der Waals surface area contributed by atoms with Crippen molar-refractivity contribution in [3.63, 3.8) is 0 Å². The maximum atomic E-state index is 12.5. The summed E-state index contributed by atoms with van der Waals surface area (Å²) in [7, 11) is 0. The number of amides is 1. The minimum Gasteiger partial charge on any atom is -0.325 e. The fraction of sp³-hybridized carbons (Fsp3) is 0.533. The molecular formula is C15H21NO. The summed E-state index contributed by atoms with van der Waals surface area (Å²) >= 11 is 0. The Kier molecular flexibility index (Phi) is 2.57. The van der Waals surface area contributed by atoms with Gasteiger partial charge in [-0.1, -0.05) is 52.8 Å². The molecule has 1 heterocycles. The van der Waals surface area contributed by atoms with Crippen LogP contribution in [-0.2, 0) is 10.2 Å². The average Bonchev–Trinajstić information content (AvgIpc) is 2.49. The Hall–Kier alpha value is -1.31. The minimum absolute atomic E-state index is 0.0994. The van der Waals surface area contributed by atoms with Gasteiger partial charge < -0.3 is 5.32 Å². The number of carbonyl (C=O) groups is 1. The molecule has 0 aliphatic carbocycles. The van der Waals surface area contributed by atoms with E-state index in [1.165, 1.54) is 0 Å². The second kappa shape index (κ2) is 3.59. The SMILES string of the molecule is CC(C)C1(C(C)(C)C)C(=O)Nc2ccccc21. The largest absolute Gasteiger partial charge is 0.325 e. The molecule has 0 aromatic heterocycles. The third-order valence-electron chi connectivity index (χ3n) is 4.01. The number of rotatable bonds is 1. The van der Waals surface area contributed by atoms with Crippen LogP contribution in [0.15, 0.2) is 24.3 Å². The van der Waals surface area contributed by atoms with Crippen LogP contribution < -0.4 is 5.32 Å². The Morgan fingerprint density at radius 3 is 2.29 bits per heavy atom. The highest BCUT2D eigenvalue weighted by molar-refractivity contribution is 6.07. The summed E-state index contributed by atoms with van der Waals surface area (Å²) in [6, 6.07) is 8.06. The highest BCUT2D eigenvalue weighted by Gasteiger charge is 2.56. The molecule has 1 amide bonds. The van der Waals surface area contributed by atoms with Crippen LogP contribution in [0, 0.1) is 11.3 Å². The number of fused-ring (bicyclic) bond motifs is 1. The number of hydrogen-bond acceptors (Lipinski definition) is 1. The molecule has 0 spiro atoms. The van der Waals surface area contributed by atoms with E-state index in [0.29, 0.717) is 0 Å². The van der Waals surface area contributed by atoms with Gasteiger partial charge in [0.1, 0.15) is 0 Å². The highest BCUT2D eigenvalue weighted by atomic mass is 16.2. The van der Waals surface area contributed by atoms with Crippen LogP contribution in [0.25, 0.3) is 0 Å². The maximum Gasteiger partial charge on any atom is 0.235 e. The molecule has 0 fully saturated rings. The molecule has 17 heavy (non-hydrogen) atoms. The Bertz CT molecular complexity index is 456. The second-order valence-electron chi connectivity index (χ2n) is 6.21. The van der Waals surface area contributed by atoms with Crippen LogP contribution >= 0.6 is 0 Å². The van der Waals surface area contributed by atoms with E-state index in [1.54, 1.807) is 0 Å². The van der Waals surface area contributed by atoms with Crippen molar-refractivity contribution in [3.8, 4) is 0 Å². The normalized spacial score (nSPS) is 23.8. The smallest absolute Gasteiger partial charge is 0.235 e. The van der Waals surface area contributed by atoms with Crippen molar-refractivity contribution < 1.29 is 4.79 Å². The number of para-hydroxylation sites is 1. The summed E-state index contributed by atoms with van der Waals surface area (Å²) in [6.45, 7) is 10.7. The van der Waals surface area contributed by atoms with Gasteiger partial charge in [0.15, 0.2) is 0 Å². The van der Waals surface area contributed by atoms with Gasteiger partial charge in [-0.3, -0.25) is 4.79 Å². The van der Waals surface area contributed by atoms with Gasteiger partial charge in [-0.25, -0.2) is 0 Å². The summed E-state index contributed by atoms with van der Waals surface area (Å²) in [5, 5.41) is 3.04. The van der Waals surface area contributed by atoms with E-state index in [0.717, 1.165) is 11.3 Å². The van der Waals surface area contributed by atoms with E-state index in [-0.39, 0.29) is 17.2 Å². The van der Waals surface area contributed by atoms with Crippen molar-refractivity contribution in [2.75, 3.05) is 5.32 Å². The monoisotopic (exact) mass is 231 g/mol. The van der Waals surface area contributed by atoms with Crippen LogP contribution in [0.3, 0.4) is 0 Å². The molecule has 2 nitrogen and oxygen atoms in total. The molecule has 2 heteroatoms. The molecule has 1 aromatic rings. The topological polar surface area (TPSA) is 29.1 Å². The molecule has 0 radical (unpaired) electrons.